The highest BCUT2D eigenvalue weighted by Gasteiger charge is 2.23. The molecule has 0 aliphatic rings. The molecule has 0 saturated carbocycles. The van der Waals surface area contributed by atoms with E-state index in [4.69, 9.17) is 28.2 Å². The van der Waals surface area contributed by atoms with Gasteiger partial charge in [0.2, 0.25) is 0 Å². The lowest BCUT2D eigenvalue weighted by Crippen LogP contribution is -2.30. The molecule has 5 aromatic rings. The minimum atomic E-state index is -3.82. The highest BCUT2D eigenvalue weighted by Crippen LogP contribution is 2.34. The second-order valence-corrected chi connectivity index (χ2v) is 12.0. The Morgan fingerprint density at radius 2 is 1.74 bits per heavy atom. The third-order valence-corrected chi connectivity index (χ3v) is 8.58. The van der Waals surface area contributed by atoms with E-state index in [1.54, 1.807) is 41.6 Å². The highest BCUT2D eigenvalue weighted by atomic mass is 35.5. The van der Waals surface area contributed by atoms with E-state index in [-0.39, 0.29) is 17.3 Å². The largest absolute Gasteiger partial charge is 0.280 e. The fourth-order valence-electron chi connectivity index (χ4n) is 3.82. The number of thiazole rings is 1. The van der Waals surface area contributed by atoms with Crippen LogP contribution in [-0.2, 0) is 16.6 Å². The summed E-state index contributed by atoms with van der Waals surface area (Å²) in [6.45, 7) is 2.18. The Bertz CT molecular complexity index is 1720. The number of nitrogens with zero attached hydrogens (tertiary/aromatic N) is 3. The maximum absolute atomic E-state index is 13.7. The van der Waals surface area contributed by atoms with Crippen molar-refractivity contribution in [3.63, 3.8) is 0 Å². The Balaban J connectivity index is 1.44. The lowest BCUT2D eigenvalue weighted by molar-refractivity contribution is 0.0985. The van der Waals surface area contributed by atoms with Crippen LogP contribution >= 0.6 is 34.5 Å². The molecule has 7 nitrogen and oxygen atoms in total. The summed E-state index contributed by atoms with van der Waals surface area (Å²) < 4.78 is 28.8. The predicted octanol–water partition coefficient (Wildman–Crippen LogP) is 6.95. The topological polar surface area (TPSA) is 92.3 Å². The van der Waals surface area contributed by atoms with Crippen LogP contribution < -0.4 is 9.62 Å². The molecule has 0 spiro atoms. The van der Waals surface area contributed by atoms with Crippen LogP contribution in [0.5, 0.6) is 0 Å². The van der Waals surface area contributed by atoms with E-state index in [2.05, 4.69) is 9.71 Å². The molecule has 3 aromatic carbocycles. The summed E-state index contributed by atoms with van der Waals surface area (Å²) >= 11 is 13.5. The van der Waals surface area contributed by atoms with Gasteiger partial charge in [0.25, 0.3) is 15.9 Å². The lowest BCUT2D eigenvalue weighted by atomic mass is 10.1. The monoisotopic (exact) mass is 582 g/mol. The summed E-state index contributed by atoms with van der Waals surface area (Å²) in [4.78, 5) is 24.3. The fraction of sp³-hybridized carbons (Fsp3) is 0.0741. The first-order valence-electron chi connectivity index (χ1n) is 11.4. The molecule has 0 radical (unpaired) electrons. The van der Waals surface area contributed by atoms with Gasteiger partial charge in [-0.1, -0.05) is 40.6 Å². The standard InChI is InChI=1S/C27H20Cl2N4O3S2/c1-17-13-21(29)14-24-25(17)31-27(37-24)33(16-18-3-2-12-30-15-18)26(34)19-4-8-22(9-5-19)32-38(35,36)23-10-6-20(28)7-11-23/h2-15,32H,16H2,1H3. The second-order valence-electron chi connectivity index (χ2n) is 8.46. The molecule has 11 heteroatoms. The summed E-state index contributed by atoms with van der Waals surface area (Å²) in [5.41, 5.74) is 3.23. The molecule has 0 aliphatic heterocycles. The van der Waals surface area contributed by atoms with Gasteiger partial charge in [0.15, 0.2) is 5.13 Å². The van der Waals surface area contributed by atoms with Crippen LogP contribution in [0.1, 0.15) is 21.5 Å². The van der Waals surface area contributed by atoms with Crippen molar-refractivity contribution < 1.29 is 13.2 Å². The number of rotatable bonds is 7. The number of amides is 1. The third-order valence-electron chi connectivity index (χ3n) is 5.69. The minimum Gasteiger partial charge on any atom is -0.280 e. The fourth-order valence-corrected chi connectivity index (χ4v) is 6.43. The maximum atomic E-state index is 13.7. The number of hydrogen-bond donors (Lipinski definition) is 1. The van der Waals surface area contributed by atoms with Gasteiger partial charge in [-0.3, -0.25) is 19.4 Å². The summed E-state index contributed by atoms with van der Waals surface area (Å²) in [7, 11) is -3.82. The SMILES string of the molecule is Cc1cc(Cl)cc2sc(N(Cc3cccnc3)C(=O)c3ccc(NS(=O)(=O)c4ccc(Cl)cc4)cc3)nc12. The summed E-state index contributed by atoms with van der Waals surface area (Å²) in [6, 6.07) is 19.5. The Labute approximate surface area is 233 Å². The molecule has 2 aromatic heterocycles. The van der Waals surface area contributed by atoms with E-state index < -0.39 is 10.0 Å². The van der Waals surface area contributed by atoms with E-state index >= 15 is 0 Å². The van der Waals surface area contributed by atoms with E-state index in [1.807, 2.05) is 31.2 Å². The Morgan fingerprint density at radius 3 is 2.42 bits per heavy atom. The number of hydrogen-bond acceptors (Lipinski definition) is 6. The van der Waals surface area contributed by atoms with Crippen LogP contribution in [0.25, 0.3) is 10.2 Å². The van der Waals surface area contributed by atoms with E-state index in [0.717, 1.165) is 21.3 Å². The quantitative estimate of drug-likeness (QED) is 0.224. The van der Waals surface area contributed by atoms with Gasteiger partial charge in [-0.2, -0.15) is 0 Å². The molecule has 192 valence electrons. The molecule has 0 fully saturated rings. The molecular weight excluding hydrogens is 563 g/mol. The zero-order valence-corrected chi connectivity index (χ0v) is 23.1. The molecule has 0 bridgehead atoms. The van der Waals surface area contributed by atoms with Gasteiger partial charge < -0.3 is 0 Å². The molecule has 0 saturated heterocycles. The smallest absolute Gasteiger partial charge is 0.261 e. The van der Waals surface area contributed by atoms with Crippen molar-refractivity contribution in [1.29, 1.82) is 0 Å². The number of halogens is 2. The van der Waals surface area contributed by atoms with Crippen LogP contribution in [0, 0.1) is 6.92 Å². The average molecular weight is 584 g/mol. The van der Waals surface area contributed by atoms with Gasteiger partial charge >= 0.3 is 0 Å². The zero-order chi connectivity index (χ0) is 26.9. The first kappa shape index (κ1) is 26.1. The molecule has 0 atom stereocenters. The highest BCUT2D eigenvalue weighted by molar-refractivity contribution is 7.92. The number of aryl methyl sites for hydroxylation is 1. The number of nitrogens with one attached hydrogen (secondary N) is 1. The van der Waals surface area contributed by atoms with Crippen LogP contribution in [-0.4, -0.2) is 24.3 Å². The van der Waals surface area contributed by atoms with Crippen molar-refractivity contribution in [2.24, 2.45) is 0 Å². The van der Waals surface area contributed by atoms with Crippen molar-refractivity contribution in [3.05, 3.63) is 112 Å². The van der Waals surface area contributed by atoms with Crippen molar-refractivity contribution >= 4 is 71.5 Å². The predicted molar refractivity (Wildman–Crippen MR) is 153 cm³/mol. The van der Waals surface area contributed by atoms with Crippen LogP contribution in [0.2, 0.25) is 10.0 Å². The van der Waals surface area contributed by atoms with Gasteiger partial charge in [-0.15, -0.1) is 0 Å². The van der Waals surface area contributed by atoms with Crippen LogP contribution in [0.15, 0.2) is 90.1 Å². The Morgan fingerprint density at radius 1 is 1.00 bits per heavy atom. The van der Waals surface area contributed by atoms with Gasteiger partial charge in [0, 0.05) is 33.7 Å². The Hall–Kier alpha value is -3.50. The normalized spacial score (nSPS) is 11.4. The van der Waals surface area contributed by atoms with E-state index in [0.29, 0.717) is 26.4 Å². The van der Waals surface area contributed by atoms with Crippen molar-refractivity contribution in [2.75, 3.05) is 9.62 Å². The van der Waals surface area contributed by atoms with E-state index in [1.165, 1.54) is 35.6 Å². The molecule has 1 amide bonds. The average Bonchev–Trinajstić information content (AvgIpc) is 3.32. The number of fused-ring (bicyclic) bond motifs is 1. The maximum Gasteiger partial charge on any atom is 0.261 e. The number of pyridine rings is 1. The van der Waals surface area contributed by atoms with E-state index in [9.17, 15) is 13.2 Å². The minimum absolute atomic E-state index is 0.0796. The summed E-state index contributed by atoms with van der Waals surface area (Å²) in [5.74, 6) is -0.288. The van der Waals surface area contributed by atoms with Gasteiger partial charge in [-0.25, -0.2) is 13.4 Å². The number of carbonyl (C=O) groups is 1. The number of anilines is 2. The Kier molecular flexibility index (Phi) is 7.36. The number of aromatic nitrogens is 2. The van der Waals surface area contributed by atoms with Gasteiger partial charge in [-0.05, 0) is 84.8 Å². The van der Waals surface area contributed by atoms with Crippen LogP contribution in [0.4, 0.5) is 10.8 Å². The van der Waals surface area contributed by atoms with Crippen molar-refractivity contribution in [1.82, 2.24) is 9.97 Å². The first-order chi connectivity index (χ1) is 18.2. The van der Waals surface area contributed by atoms with Gasteiger partial charge in [0.1, 0.15) is 0 Å². The number of sulfonamides is 1. The molecular formula is C27H20Cl2N4O3S2. The zero-order valence-electron chi connectivity index (χ0n) is 19.9. The summed E-state index contributed by atoms with van der Waals surface area (Å²) in [5, 5.41) is 1.56. The molecule has 5 rings (SSSR count). The van der Waals surface area contributed by atoms with Crippen molar-refractivity contribution in [3.8, 4) is 0 Å². The van der Waals surface area contributed by atoms with Crippen molar-refractivity contribution in [2.45, 2.75) is 18.4 Å². The van der Waals surface area contributed by atoms with Crippen LogP contribution in [0.3, 0.4) is 0 Å². The second kappa shape index (κ2) is 10.7. The first-order valence-corrected chi connectivity index (χ1v) is 14.4. The molecule has 1 N–H and O–H groups in total. The number of carbonyl (C=O) groups excluding carboxylic acids is 1. The number of benzene rings is 3. The third kappa shape index (κ3) is 5.66. The lowest BCUT2D eigenvalue weighted by Gasteiger charge is -2.20. The molecule has 38 heavy (non-hydrogen) atoms. The molecule has 0 unspecified atom stereocenters. The molecule has 2 heterocycles. The summed E-state index contributed by atoms with van der Waals surface area (Å²) in [6.07, 6.45) is 3.37. The van der Waals surface area contributed by atoms with Gasteiger partial charge in [0.05, 0.1) is 21.7 Å². The molecule has 0 aliphatic carbocycles.